The molecule has 0 amide bonds. The molecular weight excluding hydrogens is 228 g/mol. The van der Waals surface area contributed by atoms with Crippen LogP contribution in [0.3, 0.4) is 0 Å². The maximum absolute atomic E-state index is 10.6. The highest BCUT2D eigenvalue weighted by atomic mass is 16.5. The van der Waals surface area contributed by atoms with Crippen molar-refractivity contribution in [3.63, 3.8) is 0 Å². The number of aromatic nitrogens is 1. The van der Waals surface area contributed by atoms with Crippen LogP contribution in [0.25, 0.3) is 0 Å². The average Bonchev–Trinajstić information content (AvgIpc) is 2.38. The Labute approximate surface area is 108 Å². The van der Waals surface area contributed by atoms with E-state index in [4.69, 9.17) is 10.5 Å². The van der Waals surface area contributed by atoms with E-state index >= 15 is 0 Å². The fourth-order valence-corrected chi connectivity index (χ4v) is 3.03. The number of aliphatic hydroxyl groups excluding tert-OH is 1. The van der Waals surface area contributed by atoms with Crippen LogP contribution in [0, 0.1) is 5.92 Å². The Morgan fingerprint density at radius 1 is 1.61 bits per heavy atom. The Kier molecular flexibility index (Phi) is 3.88. The van der Waals surface area contributed by atoms with E-state index in [1.807, 2.05) is 6.07 Å². The van der Waals surface area contributed by atoms with Crippen LogP contribution in [0.2, 0.25) is 0 Å². The molecule has 2 rings (SSSR count). The van der Waals surface area contributed by atoms with Crippen molar-refractivity contribution in [3.8, 4) is 0 Å². The Morgan fingerprint density at radius 2 is 2.39 bits per heavy atom. The second-order valence-corrected chi connectivity index (χ2v) is 5.35. The number of pyridine rings is 1. The van der Waals surface area contributed by atoms with Gasteiger partial charge in [0.05, 0.1) is 5.60 Å². The minimum atomic E-state index is -0.709. The molecule has 4 nitrogen and oxygen atoms in total. The molecule has 1 heterocycles. The standard InChI is InChI=1S/C14H22N2O2/c1-10-5-3-7-14(9-10,18-2)12(17)11-6-4-8-16-13(11)15/h4,6,8,10,12,17H,3,5,7,9H2,1-2H3,(H2,15,16). The molecule has 18 heavy (non-hydrogen) atoms. The zero-order chi connectivity index (χ0) is 13.2. The fraction of sp³-hybridized carbons (Fsp3) is 0.643. The molecule has 3 N–H and O–H groups in total. The molecule has 1 aliphatic rings. The Morgan fingerprint density at radius 3 is 3.00 bits per heavy atom. The highest BCUT2D eigenvalue weighted by Gasteiger charge is 2.42. The summed E-state index contributed by atoms with van der Waals surface area (Å²) in [5, 5.41) is 10.6. The third-order valence-corrected chi connectivity index (χ3v) is 4.06. The maximum Gasteiger partial charge on any atom is 0.129 e. The van der Waals surface area contributed by atoms with Crippen LogP contribution in [0.4, 0.5) is 5.82 Å². The third kappa shape index (κ3) is 2.35. The molecule has 1 aliphatic carbocycles. The first-order valence-electron chi connectivity index (χ1n) is 6.52. The Bertz CT molecular complexity index is 411. The van der Waals surface area contributed by atoms with Crippen LogP contribution < -0.4 is 5.73 Å². The predicted molar refractivity (Wildman–Crippen MR) is 71.0 cm³/mol. The molecule has 0 bridgehead atoms. The van der Waals surface area contributed by atoms with Gasteiger partial charge >= 0.3 is 0 Å². The van der Waals surface area contributed by atoms with E-state index in [0.29, 0.717) is 17.3 Å². The highest BCUT2D eigenvalue weighted by molar-refractivity contribution is 5.41. The van der Waals surface area contributed by atoms with Gasteiger partial charge in [-0.05, 0) is 24.8 Å². The Hall–Kier alpha value is -1.13. The summed E-state index contributed by atoms with van der Waals surface area (Å²) in [6.45, 7) is 2.20. The van der Waals surface area contributed by atoms with Gasteiger partial charge in [-0.2, -0.15) is 0 Å². The lowest BCUT2D eigenvalue weighted by Crippen LogP contribution is -2.43. The SMILES string of the molecule is COC1(C(O)c2cccnc2N)CCCC(C)C1. The van der Waals surface area contributed by atoms with Crippen LogP contribution in [0.15, 0.2) is 18.3 Å². The van der Waals surface area contributed by atoms with Crippen molar-refractivity contribution in [3.05, 3.63) is 23.9 Å². The molecule has 0 aliphatic heterocycles. The summed E-state index contributed by atoms with van der Waals surface area (Å²) in [5.41, 5.74) is 6.01. The first kappa shape index (κ1) is 13.3. The lowest BCUT2D eigenvalue weighted by atomic mass is 9.74. The van der Waals surface area contributed by atoms with E-state index in [1.165, 1.54) is 6.42 Å². The van der Waals surface area contributed by atoms with Crippen molar-refractivity contribution in [1.82, 2.24) is 4.98 Å². The number of anilines is 1. The summed E-state index contributed by atoms with van der Waals surface area (Å²) in [4.78, 5) is 4.04. The fourth-order valence-electron chi connectivity index (χ4n) is 3.03. The molecule has 3 unspecified atom stereocenters. The summed E-state index contributed by atoms with van der Waals surface area (Å²) in [6, 6.07) is 3.62. The van der Waals surface area contributed by atoms with Crippen molar-refractivity contribution in [2.75, 3.05) is 12.8 Å². The molecule has 0 spiro atoms. The largest absolute Gasteiger partial charge is 0.385 e. The van der Waals surface area contributed by atoms with E-state index in [9.17, 15) is 5.11 Å². The van der Waals surface area contributed by atoms with Crippen molar-refractivity contribution in [2.45, 2.75) is 44.3 Å². The van der Waals surface area contributed by atoms with Crippen LogP contribution in [0.5, 0.6) is 0 Å². The number of methoxy groups -OCH3 is 1. The monoisotopic (exact) mass is 250 g/mol. The van der Waals surface area contributed by atoms with Crippen molar-refractivity contribution < 1.29 is 9.84 Å². The number of hydrogen-bond donors (Lipinski definition) is 2. The van der Waals surface area contributed by atoms with Crippen LogP contribution >= 0.6 is 0 Å². The minimum absolute atomic E-state index is 0.389. The first-order chi connectivity index (χ1) is 8.59. The molecule has 1 aromatic rings. The summed E-state index contributed by atoms with van der Waals surface area (Å²) < 4.78 is 5.69. The number of rotatable bonds is 3. The van der Waals surface area contributed by atoms with Crippen molar-refractivity contribution in [2.24, 2.45) is 5.92 Å². The molecule has 1 aromatic heterocycles. The molecule has 0 aromatic carbocycles. The van der Waals surface area contributed by atoms with Gasteiger partial charge in [0.25, 0.3) is 0 Å². The van der Waals surface area contributed by atoms with Gasteiger partial charge in [-0.25, -0.2) is 4.98 Å². The van der Waals surface area contributed by atoms with Crippen molar-refractivity contribution in [1.29, 1.82) is 0 Å². The lowest BCUT2D eigenvalue weighted by Gasteiger charge is -2.42. The van der Waals surface area contributed by atoms with Gasteiger partial charge in [-0.3, -0.25) is 0 Å². The van der Waals surface area contributed by atoms with E-state index in [2.05, 4.69) is 11.9 Å². The summed E-state index contributed by atoms with van der Waals surface area (Å²) >= 11 is 0. The van der Waals surface area contributed by atoms with E-state index < -0.39 is 11.7 Å². The number of nitrogens with zero attached hydrogens (tertiary/aromatic N) is 1. The van der Waals surface area contributed by atoms with Gasteiger partial charge < -0.3 is 15.6 Å². The number of nitrogens with two attached hydrogens (primary N) is 1. The Balaban J connectivity index is 2.30. The molecule has 3 atom stereocenters. The predicted octanol–water partition coefficient (Wildman–Crippen LogP) is 2.29. The summed E-state index contributed by atoms with van der Waals surface area (Å²) in [6.07, 6.45) is 4.92. The van der Waals surface area contributed by atoms with Gasteiger partial charge in [-0.15, -0.1) is 0 Å². The quantitative estimate of drug-likeness (QED) is 0.863. The maximum atomic E-state index is 10.6. The average molecular weight is 250 g/mol. The molecule has 4 heteroatoms. The zero-order valence-corrected chi connectivity index (χ0v) is 11.1. The van der Waals surface area contributed by atoms with E-state index in [1.54, 1.807) is 19.4 Å². The number of aliphatic hydroxyl groups is 1. The van der Waals surface area contributed by atoms with Gasteiger partial charge in [0.1, 0.15) is 11.9 Å². The second kappa shape index (κ2) is 5.24. The molecule has 100 valence electrons. The second-order valence-electron chi connectivity index (χ2n) is 5.35. The lowest BCUT2D eigenvalue weighted by molar-refractivity contribution is -0.133. The molecule has 1 saturated carbocycles. The number of nitrogen functional groups attached to an aromatic ring is 1. The molecular formula is C14H22N2O2. The van der Waals surface area contributed by atoms with Gasteiger partial charge in [0, 0.05) is 18.9 Å². The first-order valence-corrected chi connectivity index (χ1v) is 6.52. The highest BCUT2D eigenvalue weighted by Crippen LogP contribution is 2.43. The molecule has 0 saturated heterocycles. The summed E-state index contributed by atoms with van der Waals surface area (Å²) in [7, 11) is 1.67. The molecule has 1 fully saturated rings. The molecule has 0 radical (unpaired) electrons. The number of ether oxygens (including phenoxy) is 1. The zero-order valence-electron chi connectivity index (χ0n) is 11.1. The van der Waals surface area contributed by atoms with Crippen LogP contribution in [-0.2, 0) is 4.74 Å². The minimum Gasteiger partial charge on any atom is -0.385 e. The van der Waals surface area contributed by atoms with Crippen LogP contribution in [0.1, 0.15) is 44.3 Å². The van der Waals surface area contributed by atoms with Gasteiger partial charge in [-0.1, -0.05) is 25.8 Å². The van der Waals surface area contributed by atoms with Gasteiger partial charge in [0.15, 0.2) is 0 Å². The normalized spacial score (nSPS) is 30.1. The van der Waals surface area contributed by atoms with Crippen molar-refractivity contribution >= 4 is 5.82 Å². The third-order valence-electron chi connectivity index (χ3n) is 4.06. The van der Waals surface area contributed by atoms with E-state index in [0.717, 1.165) is 19.3 Å². The van der Waals surface area contributed by atoms with E-state index in [-0.39, 0.29) is 0 Å². The van der Waals surface area contributed by atoms with Crippen LogP contribution in [-0.4, -0.2) is 22.8 Å². The smallest absolute Gasteiger partial charge is 0.129 e. The summed E-state index contributed by atoms with van der Waals surface area (Å²) in [5.74, 6) is 0.950. The van der Waals surface area contributed by atoms with Gasteiger partial charge in [0.2, 0.25) is 0 Å². The number of hydrogen-bond acceptors (Lipinski definition) is 4. The topological polar surface area (TPSA) is 68.4 Å².